The highest BCUT2D eigenvalue weighted by Crippen LogP contribution is 2.25. The number of nitrogens with two attached hydrogens (primary N) is 1. The Balaban J connectivity index is 2.19. The van der Waals surface area contributed by atoms with E-state index in [1.54, 1.807) is 19.4 Å². The Morgan fingerprint density at radius 1 is 1.30 bits per heavy atom. The smallest absolute Gasteiger partial charge is 0.151 e. The normalized spacial score (nSPS) is 11.4. The van der Waals surface area contributed by atoms with Crippen molar-refractivity contribution in [2.75, 3.05) is 18.2 Å². The fourth-order valence-corrected chi connectivity index (χ4v) is 1.87. The fraction of sp³-hybridized carbons (Fsp3) is 0.200. The summed E-state index contributed by atoms with van der Waals surface area (Å²) >= 11 is 0. The highest BCUT2D eigenvalue weighted by molar-refractivity contribution is 5.69. The molecule has 0 amide bonds. The molecule has 0 aliphatic rings. The average Bonchev–Trinajstić information content (AvgIpc) is 2.49. The monoisotopic (exact) mass is 268 g/mol. The second kappa shape index (κ2) is 5.93. The van der Waals surface area contributed by atoms with Gasteiger partial charge in [-0.25, -0.2) is 4.98 Å². The zero-order valence-corrected chi connectivity index (χ0v) is 11.4. The van der Waals surface area contributed by atoms with Crippen LogP contribution < -0.4 is 15.8 Å². The molecule has 2 aromatic rings. The summed E-state index contributed by atoms with van der Waals surface area (Å²) in [5.41, 5.74) is 7.77. The van der Waals surface area contributed by atoms with Gasteiger partial charge < -0.3 is 15.8 Å². The van der Waals surface area contributed by atoms with Gasteiger partial charge in [0.2, 0.25) is 0 Å². The van der Waals surface area contributed by atoms with E-state index in [-0.39, 0.29) is 6.04 Å². The van der Waals surface area contributed by atoms with Crippen LogP contribution in [0.4, 0.5) is 11.5 Å². The first-order valence-electron chi connectivity index (χ1n) is 6.20. The second-order valence-electron chi connectivity index (χ2n) is 4.37. The Labute approximate surface area is 118 Å². The molecule has 5 nitrogen and oxygen atoms in total. The minimum atomic E-state index is 0.0182. The number of aromatic nitrogens is 1. The number of nitrogens with zero attached hydrogens (tertiary/aromatic N) is 2. The number of nitrogens with one attached hydrogen (secondary N) is 1. The highest BCUT2D eigenvalue weighted by Gasteiger charge is 2.10. The largest absolute Gasteiger partial charge is 0.497 e. The van der Waals surface area contributed by atoms with Crippen molar-refractivity contribution in [1.29, 1.82) is 5.26 Å². The standard InChI is InChI=1S/C15H16N4O/c1-10(11-3-5-13(20-2)6-4-11)19-15-14(17)12(9-16)7-8-18-15/h3-8,10H,17H2,1-2H3,(H,18,19). The van der Waals surface area contributed by atoms with Crippen LogP contribution in [0.25, 0.3) is 0 Å². The Hall–Kier alpha value is -2.74. The molecule has 3 N–H and O–H groups in total. The molecule has 0 fully saturated rings. The maximum Gasteiger partial charge on any atom is 0.151 e. The van der Waals surface area contributed by atoms with Gasteiger partial charge in [-0.05, 0) is 30.7 Å². The van der Waals surface area contributed by atoms with Gasteiger partial charge in [-0.3, -0.25) is 0 Å². The first kappa shape index (κ1) is 13.7. The van der Waals surface area contributed by atoms with Crippen LogP contribution in [-0.4, -0.2) is 12.1 Å². The summed E-state index contributed by atoms with van der Waals surface area (Å²) in [4.78, 5) is 4.17. The molecule has 0 radical (unpaired) electrons. The number of pyridine rings is 1. The second-order valence-corrected chi connectivity index (χ2v) is 4.37. The Morgan fingerprint density at radius 3 is 2.60 bits per heavy atom. The van der Waals surface area contributed by atoms with Crippen molar-refractivity contribution in [3.63, 3.8) is 0 Å². The van der Waals surface area contributed by atoms with Crippen molar-refractivity contribution in [2.24, 2.45) is 0 Å². The molecule has 20 heavy (non-hydrogen) atoms. The van der Waals surface area contributed by atoms with Gasteiger partial charge in [-0.2, -0.15) is 5.26 Å². The van der Waals surface area contributed by atoms with Crippen LogP contribution in [0.5, 0.6) is 5.75 Å². The van der Waals surface area contributed by atoms with E-state index in [4.69, 9.17) is 15.7 Å². The SMILES string of the molecule is COc1ccc(C(C)Nc2nccc(C#N)c2N)cc1. The number of anilines is 2. The first-order chi connectivity index (χ1) is 9.65. The molecule has 1 atom stereocenters. The zero-order valence-electron chi connectivity index (χ0n) is 11.4. The molecule has 0 saturated carbocycles. The lowest BCUT2D eigenvalue weighted by Gasteiger charge is -2.17. The molecule has 5 heteroatoms. The zero-order chi connectivity index (χ0) is 14.5. The van der Waals surface area contributed by atoms with E-state index < -0.39 is 0 Å². The van der Waals surface area contributed by atoms with Gasteiger partial charge in [-0.1, -0.05) is 12.1 Å². The van der Waals surface area contributed by atoms with Gasteiger partial charge in [0.25, 0.3) is 0 Å². The molecule has 0 spiro atoms. The van der Waals surface area contributed by atoms with Crippen molar-refractivity contribution < 1.29 is 4.74 Å². The summed E-state index contributed by atoms with van der Waals surface area (Å²) in [5.74, 6) is 1.33. The Kier molecular flexibility index (Phi) is 4.06. The van der Waals surface area contributed by atoms with Crippen molar-refractivity contribution >= 4 is 11.5 Å². The van der Waals surface area contributed by atoms with E-state index in [1.165, 1.54) is 0 Å². The van der Waals surface area contributed by atoms with Crippen LogP contribution in [0.1, 0.15) is 24.1 Å². The van der Waals surface area contributed by atoms with E-state index in [0.29, 0.717) is 17.1 Å². The predicted octanol–water partition coefficient (Wildman–Crippen LogP) is 2.72. The van der Waals surface area contributed by atoms with Crippen LogP contribution >= 0.6 is 0 Å². The number of benzene rings is 1. The van der Waals surface area contributed by atoms with Crippen molar-refractivity contribution in [2.45, 2.75) is 13.0 Å². The first-order valence-corrected chi connectivity index (χ1v) is 6.20. The van der Waals surface area contributed by atoms with Gasteiger partial charge in [-0.15, -0.1) is 0 Å². The molecule has 1 aromatic heterocycles. The van der Waals surface area contributed by atoms with E-state index in [1.807, 2.05) is 37.3 Å². The molecular formula is C15H16N4O. The molecule has 0 saturated heterocycles. The van der Waals surface area contributed by atoms with Crippen molar-refractivity contribution in [3.8, 4) is 11.8 Å². The third-order valence-electron chi connectivity index (χ3n) is 3.08. The number of methoxy groups -OCH3 is 1. The lowest BCUT2D eigenvalue weighted by molar-refractivity contribution is 0.414. The lowest BCUT2D eigenvalue weighted by atomic mass is 10.1. The quantitative estimate of drug-likeness (QED) is 0.890. The summed E-state index contributed by atoms with van der Waals surface area (Å²) in [5, 5.41) is 12.2. The Bertz CT molecular complexity index is 631. The maximum atomic E-state index is 8.95. The van der Waals surface area contributed by atoms with E-state index >= 15 is 0 Å². The molecular weight excluding hydrogens is 252 g/mol. The van der Waals surface area contributed by atoms with Crippen LogP contribution in [0.2, 0.25) is 0 Å². The van der Waals surface area contributed by atoms with Crippen LogP contribution in [0.15, 0.2) is 36.5 Å². The summed E-state index contributed by atoms with van der Waals surface area (Å²) in [6.45, 7) is 2.00. The van der Waals surface area contributed by atoms with Gasteiger partial charge in [0.15, 0.2) is 5.82 Å². The number of ether oxygens (including phenoxy) is 1. The van der Waals surface area contributed by atoms with Crippen molar-refractivity contribution in [1.82, 2.24) is 4.98 Å². The third-order valence-corrected chi connectivity index (χ3v) is 3.08. The third kappa shape index (κ3) is 2.81. The number of nitrogen functional groups attached to an aromatic ring is 1. The molecule has 2 rings (SSSR count). The van der Waals surface area contributed by atoms with Gasteiger partial charge in [0, 0.05) is 6.20 Å². The molecule has 1 unspecified atom stereocenters. The molecule has 102 valence electrons. The molecule has 0 aliphatic carbocycles. The maximum absolute atomic E-state index is 8.95. The van der Waals surface area contributed by atoms with E-state index in [0.717, 1.165) is 11.3 Å². The van der Waals surface area contributed by atoms with E-state index in [9.17, 15) is 0 Å². The summed E-state index contributed by atoms with van der Waals surface area (Å²) < 4.78 is 5.13. The number of hydrogen-bond donors (Lipinski definition) is 2. The molecule has 1 aromatic carbocycles. The number of nitriles is 1. The number of hydrogen-bond acceptors (Lipinski definition) is 5. The van der Waals surface area contributed by atoms with E-state index in [2.05, 4.69) is 10.3 Å². The van der Waals surface area contributed by atoms with Crippen LogP contribution in [-0.2, 0) is 0 Å². The summed E-state index contributed by atoms with van der Waals surface area (Å²) in [7, 11) is 1.63. The Morgan fingerprint density at radius 2 is 2.00 bits per heavy atom. The molecule has 0 bridgehead atoms. The highest BCUT2D eigenvalue weighted by atomic mass is 16.5. The summed E-state index contributed by atoms with van der Waals surface area (Å²) in [6, 6.07) is 11.4. The number of rotatable bonds is 4. The fourth-order valence-electron chi connectivity index (χ4n) is 1.87. The van der Waals surface area contributed by atoms with Gasteiger partial charge in [0.05, 0.1) is 24.4 Å². The van der Waals surface area contributed by atoms with Gasteiger partial charge in [0.1, 0.15) is 11.8 Å². The van der Waals surface area contributed by atoms with Crippen LogP contribution in [0, 0.1) is 11.3 Å². The summed E-state index contributed by atoms with van der Waals surface area (Å²) in [6.07, 6.45) is 1.57. The molecule has 0 aliphatic heterocycles. The minimum absolute atomic E-state index is 0.0182. The average molecular weight is 268 g/mol. The van der Waals surface area contributed by atoms with Crippen LogP contribution in [0.3, 0.4) is 0 Å². The molecule has 1 heterocycles. The topological polar surface area (TPSA) is 84.0 Å². The van der Waals surface area contributed by atoms with Gasteiger partial charge >= 0.3 is 0 Å². The van der Waals surface area contributed by atoms with Crippen molar-refractivity contribution in [3.05, 3.63) is 47.7 Å². The minimum Gasteiger partial charge on any atom is -0.497 e. The predicted molar refractivity (Wildman–Crippen MR) is 78.4 cm³/mol. The lowest BCUT2D eigenvalue weighted by Crippen LogP contribution is -2.10.